The Morgan fingerprint density at radius 2 is 0.283 bits per heavy atom. The van der Waals surface area contributed by atoms with Crippen molar-refractivity contribution >= 4 is 0 Å². The van der Waals surface area contributed by atoms with E-state index >= 15 is 0 Å². The smallest absolute Gasteiger partial charge is 0.0701 e. The second-order valence-electron chi connectivity index (χ2n) is 12.9. The maximum Gasteiger partial charge on any atom is 0.0701 e. The summed E-state index contributed by atoms with van der Waals surface area (Å²) in [5.41, 5.74) is 0. The molecule has 320 valence electrons. The van der Waals surface area contributed by atoms with Crippen LogP contribution in [0.4, 0.5) is 0 Å². The largest absolute Gasteiger partial charge is 0.379 e. The van der Waals surface area contributed by atoms with Crippen LogP contribution in [0.1, 0.15) is 110 Å². The van der Waals surface area contributed by atoms with Gasteiger partial charge in [-0.15, -0.1) is 0 Å². The van der Waals surface area contributed by atoms with Crippen molar-refractivity contribution in [3.05, 3.63) is 0 Å². The van der Waals surface area contributed by atoms with Gasteiger partial charge in [0.15, 0.2) is 0 Å². The van der Waals surface area contributed by atoms with Crippen molar-refractivity contribution in [3.8, 4) is 0 Å². The zero-order valence-electron chi connectivity index (χ0n) is 34.5. The van der Waals surface area contributed by atoms with Crippen molar-refractivity contribution in [3.63, 3.8) is 0 Å². The molecule has 0 aromatic rings. The van der Waals surface area contributed by atoms with Gasteiger partial charge in [0, 0.05) is 13.2 Å². The van der Waals surface area contributed by atoms with E-state index in [-0.39, 0.29) is 0 Å². The van der Waals surface area contributed by atoms with Crippen molar-refractivity contribution in [1.29, 1.82) is 0 Å². The Bertz CT molecular complexity index is 569. The Labute approximate surface area is 325 Å². The predicted molar refractivity (Wildman–Crippen MR) is 210 cm³/mol. The van der Waals surface area contributed by atoms with E-state index in [1.807, 2.05) is 0 Å². The summed E-state index contributed by atoms with van der Waals surface area (Å²) >= 11 is 0. The van der Waals surface area contributed by atoms with E-state index in [2.05, 4.69) is 13.8 Å². The first-order valence-electron chi connectivity index (χ1n) is 21.3. The van der Waals surface area contributed by atoms with Crippen LogP contribution in [0.25, 0.3) is 0 Å². The average Bonchev–Trinajstić information content (AvgIpc) is 3.17. The summed E-state index contributed by atoms with van der Waals surface area (Å²) < 4.78 is 66.4. The molecule has 0 amide bonds. The van der Waals surface area contributed by atoms with Crippen molar-refractivity contribution in [2.45, 2.75) is 110 Å². The number of rotatable bonds is 50. The molecule has 0 atom stereocenters. The highest BCUT2D eigenvalue weighted by Gasteiger charge is 1.98. The second kappa shape index (κ2) is 51.5. The third kappa shape index (κ3) is 51.5. The van der Waals surface area contributed by atoms with Crippen LogP contribution in [-0.2, 0) is 56.8 Å². The van der Waals surface area contributed by atoms with Crippen LogP contribution in [0.3, 0.4) is 0 Å². The van der Waals surface area contributed by atoms with E-state index in [0.717, 1.165) is 26.1 Å². The highest BCUT2D eigenvalue weighted by atomic mass is 16.6. The molecule has 0 spiro atoms. The SMILES string of the molecule is CCCCCCCCCCCCOCCOCCOCCOCCOCCOCCOCCOCCOCCOCCOCCOCCCCCCC. The molecule has 0 N–H and O–H groups in total. The Kier molecular flexibility index (Phi) is 51.1. The van der Waals surface area contributed by atoms with Gasteiger partial charge in [0.1, 0.15) is 0 Å². The molecule has 0 aromatic heterocycles. The molecule has 0 radical (unpaired) electrons. The number of unbranched alkanes of at least 4 members (excludes halogenated alkanes) is 13. The first-order chi connectivity index (χ1) is 26.4. The Balaban J connectivity index is 3.05. The van der Waals surface area contributed by atoms with Gasteiger partial charge in [-0.1, -0.05) is 97.3 Å². The van der Waals surface area contributed by atoms with E-state index in [1.165, 1.54) is 83.5 Å². The van der Waals surface area contributed by atoms with E-state index in [1.54, 1.807) is 0 Å². The molecular formula is C41H84O12. The molecule has 12 nitrogen and oxygen atoms in total. The summed E-state index contributed by atoms with van der Waals surface area (Å²) in [5, 5.41) is 0. The Morgan fingerprint density at radius 3 is 0.453 bits per heavy atom. The minimum Gasteiger partial charge on any atom is -0.379 e. The third-order valence-electron chi connectivity index (χ3n) is 8.13. The molecule has 0 saturated heterocycles. The molecule has 0 aliphatic rings. The molecule has 0 bridgehead atoms. The maximum absolute atomic E-state index is 5.66. The van der Waals surface area contributed by atoms with Crippen LogP contribution in [-0.4, -0.2) is 159 Å². The fraction of sp³-hybridized carbons (Fsp3) is 1.00. The van der Waals surface area contributed by atoms with Gasteiger partial charge in [0.25, 0.3) is 0 Å². The van der Waals surface area contributed by atoms with Crippen LogP contribution in [0.2, 0.25) is 0 Å². The van der Waals surface area contributed by atoms with Gasteiger partial charge in [0.05, 0.1) is 145 Å². The monoisotopic (exact) mass is 769 g/mol. The number of ether oxygens (including phenoxy) is 12. The quantitative estimate of drug-likeness (QED) is 0.0590. The molecule has 0 saturated carbocycles. The number of hydrogen-bond donors (Lipinski definition) is 0. The Morgan fingerprint density at radius 1 is 0.151 bits per heavy atom. The summed E-state index contributed by atoms with van der Waals surface area (Å²) in [6.45, 7) is 18.4. The summed E-state index contributed by atoms with van der Waals surface area (Å²) in [5.74, 6) is 0. The van der Waals surface area contributed by atoms with Crippen molar-refractivity contribution in [1.82, 2.24) is 0 Å². The Hall–Kier alpha value is -0.480. The zero-order valence-corrected chi connectivity index (χ0v) is 34.5. The van der Waals surface area contributed by atoms with Gasteiger partial charge in [-0.3, -0.25) is 0 Å². The van der Waals surface area contributed by atoms with E-state index in [0.29, 0.717) is 145 Å². The molecular weight excluding hydrogens is 684 g/mol. The fourth-order valence-electron chi connectivity index (χ4n) is 5.02. The summed E-state index contributed by atoms with van der Waals surface area (Å²) in [4.78, 5) is 0. The van der Waals surface area contributed by atoms with Gasteiger partial charge in [0.2, 0.25) is 0 Å². The highest BCUT2D eigenvalue weighted by molar-refractivity contribution is 4.48. The molecule has 0 aromatic carbocycles. The van der Waals surface area contributed by atoms with Crippen molar-refractivity contribution in [2.24, 2.45) is 0 Å². The lowest BCUT2D eigenvalue weighted by Gasteiger charge is -2.09. The zero-order chi connectivity index (χ0) is 38.1. The first-order valence-corrected chi connectivity index (χ1v) is 21.3. The molecule has 0 heterocycles. The first kappa shape index (κ1) is 52.5. The molecule has 0 aliphatic heterocycles. The van der Waals surface area contributed by atoms with E-state index in [4.69, 9.17) is 56.8 Å². The van der Waals surface area contributed by atoms with Crippen molar-refractivity contribution in [2.75, 3.05) is 159 Å². The van der Waals surface area contributed by atoms with E-state index < -0.39 is 0 Å². The normalized spacial score (nSPS) is 11.7. The second-order valence-corrected chi connectivity index (χ2v) is 12.9. The fourth-order valence-corrected chi connectivity index (χ4v) is 5.02. The van der Waals surface area contributed by atoms with Gasteiger partial charge in [-0.05, 0) is 12.8 Å². The lowest BCUT2D eigenvalue weighted by Crippen LogP contribution is -2.15. The molecule has 0 fully saturated rings. The summed E-state index contributed by atoms with van der Waals surface area (Å²) in [7, 11) is 0. The molecule has 0 rings (SSSR count). The van der Waals surface area contributed by atoms with Gasteiger partial charge in [-0.2, -0.15) is 0 Å². The minimum atomic E-state index is 0.522. The topological polar surface area (TPSA) is 111 Å². The predicted octanol–water partition coefficient (Wildman–Crippen LogP) is 7.08. The standard InChI is InChI=1S/C41H84O12/c1-3-5-7-9-10-11-12-13-15-17-19-43-21-23-45-25-27-47-29-31-49-33-35-51-37-39-53-41-40-52-38-36-50-34-32-48-30-28-46-26-24-44-22-20-42-18-16-14-8-6-4-2/h3-41H2,1-2H3. The van der Waals surface area contributed by atoms with Crippen LogP contribution in [0.5, 0.6) is 0 Å². The molecule has 0 aliphatic carbocycles. The third-order valence-corrected chi connectivity index (χ3v) is 8.13. The number of hydrogen-bond acceptors (Lipinski definition) is 12. The van der Waals surface area contributed by atoms with Gasteiger partial charge < -0.3 is 56.8 Å². The van der Waals surface area contributed by atoms with Crippen molar-refractivity contribution < 1.29 is 56.8 Å². The summed E-state index contributed by atoms with van der Waals surface area (Å²) in [6.07, 6.45) is 19.7. The van der Waals surface area contributed by atoms with Crippen LogP contribution in [0.15, 0.2) is 0 Å². The molecule has 12 heteroatoms. The van der Waals surface area contributed by atoms with E-state index in [9.17, 15) is 0 Å². The highest BCUT2D eigenvalue weighted by Crippen LogP contribution is 2.10. The minimum absolute atomic E-state index is 0.522. The lowest BCUT2D eigenvalue weighted by atomic mass is 10.1. The van der Waals surface area contributed by atoms with Crippen LogP contribution in [0, 0.1) is 0 Å². The summed E-state index contributed by atoms with van der Waals surface area (Å²) in [6, 6.07) is 0. The molecule has 0 unspecified atom stereocenters. The van der Waals surface area contributed by atoms with Gasteiger partial charge in [-0.25, -0.2) is 0 Å². The van der Waals surface area contributed by atoms with Crippen LogP contribution < -0.4 is 0 Å². The maximum atomic E-state index is 5.66. The molecule has 53 heavy (non-hydrogen) atoms. The lowest BCUT2D eigenvalue weighted by molar-refractivity contribution is -0.0284. The van der Waals surface area contributed by atoms with Crippen LogP contribution >= 0.6 is 0 Å². The van der Waals surface area contributed by atoms with Gasteiger partial charge >= 0.3 is 0 Å². The average molecular weight is 769 g/mol.